The van der Waals surface area contributed by atoms with Crippen LogP contribution in [0.2, 0.25) is 0 Å². The number of allylic oxidation sites excluding steroid dienone is 1. The van der Waals surface area contributed by atoms with Gasteiger partial charge in [-0.05, 0) is 30.2 Å². The van der Waals surface area contributed by atoms with Crippen LogP contribution in [0.3, 0.4) is 0 Å². The minimum absolute atomic E-state index is 0.0741. The number of hydrogen-bond donors (Lipinski definition) is 2. The normalized spacial score (nSPS) is 18.3. The minimum Gasteiger partial charge on any atom is -0.491 e. The molecule has 1 heterocycles. The summed E-state index contributed by atoms with van der Waals surface area (Å²) in [6, 6.07) is 13.6. The summed E-state index contributed by atoms with van der Waals surface area (Å²) in [4.78, 5) is -0.0741. The molecule has 0 aromatic heterocycles. The molecule has 2 N–H and O–H groups in total. The molecule has 6 nitrogen and oxygen atoms in total. The standard InChI is InChI=1S/C14H17NO2.C6H6O3S/c1-3-11-4-2-6-14(13(11)5-1)17-10-12-9-15-7-8-16-12;7-10(8,9)6-4-2-1-3-5-6/h1-4,6,12,15H,5,7-10H2;1-5H,(H,7,8,9)/t12-;/m0./s1. The maximum Gasteiger partial charge on any atom is 0.294 e. The molecule has 1 aliphatic carbocycles. The SMILES string of the molecule is C1=Cc2cccc(OC[C@@H]3CNCCO3)c2C1.O=S(=O)(O)c1ccccc1. The van der Waals surface area contributed by atoms with E-state index in [1.54, 1.807) is 18.2 Å². The van der Waals surface area contributed by atoms with Gasteiger partial charge in [-0.15, -0.1) is 0 Å². The zero-order valence-electron chi connectivity index (χ0n) is 14.9. The van der Waals surface area contributed by atoms with E-state index in [1.807, 2.05) is 12.1 Å². The van der Waals surface area contributed by atoms with Crippen LogP contribution in [0.5, 0.6) is 5.75 Å². The van der Waals surface area contributed by atoms with Gasteiger partial charge in [-0.2, -0.15) is 8.42 Å². The third kappa shape index (κ3) is 5.64. The third-order valence-electron chi connectivity index (χ3n) is 4.26. The van der Waals surface area contributed by atoms with Crippen LogP contribution in [0.15, 0.2) is 59.5 Å². The van der Waals surface area contributed by atoms with E-state index in [4.69, 9.17) is 14.0 Å². The van der Waals surface area contributed by atoms with Gasteiger partial charge in [0.2, 0.25) is 0 Å². The smallest absolute Gasteiger partial charge is 0.294 e. The molecule has 2 aliphatic rings. The lowest BCUT2D eigenvalue weighted by atomic mass is 10.1. The summed E-state index contributed by atoms with van der Waals surface area (Å²) in [5, 5.41) is 3.31. The second-order valence-corrected chi connectivity index (χ2v) is 7.65. The fourth-order valence-electron chi connectivity index (χ4n) is 2.90. The predicted molar refractivity (Wildman–Crippen MR) is 104 cm³/mol. The fourth-order valence-corrected chi connectivity index (χ4v) is 3.40. The Balaban J connectivity index is 0.000000180. The molecule has 0 bridgehead atoms. The van der Waals surface area contributed by atoms with Gasteiger partial charge in [0.15, 0.2) is 0 Å². The molecule has 2 aromatic carbocycles. The van der Waals surface area contributed by atoms with Crippen LogP contribution >= 0.6 is 0 Å². The van der Waals surface area contributed by atoms with Crippen molar-refractivity contribution in [3.05, 3.63) is 65.7 Å². The molecule has 144 valence electrons. The first kappa shape index (κ1) is 19.6. The number of ether oxygens (including phenoxy) is 2. The molecule has 0 amide bonds. The minimum atomic E-state index is -4.00. The molecule has 1 atom stereocenters. The van der Waals surface area contributed by atoms with Crippen LogP contribution in [0.4, 0.5) is 0 Å². The van der Waals surface area contributed by atoms with E-state index in [0.29, 0.717) is 6.61 Å². The van der Waals surface area contributed by atoms with Gasteiger partial charge in [0.25, 0.3) is 10.1 Å². The number of benzene rings is 2. The van der Waals surface area contributed by atoms with E-state index in [9.17, 15) is 8.42 Å². The van der Waals surface area contributed by atoms with E-state index in [1.165, 1.54) is 23.3 Å². The number of hydrogen-bond acceptors (Lipinski definition) is 5. The van der Waals surface area contributed by atoms with Crippen molar-refractivity contribution in [1.82, 2.24) is 5.32 Å². The van der Waals surface area contributed by atoms with Crippen molar-refractivity contribution in [2.24, 2.45) is 0 Å². The average Bonchev–Trinajstić information content (AvgIpc) is 3.17. The summed E-state index contributed by atoms with van der Waals surface area (Å²) in [5.41, 5.74) is 2.58. The zero-order chi connectivity index (χ0) is 19.1. The van der Waals surface area contributed by atoms with Crippen LogP contribution in [0.25, 0.3) is 6.08 Å². The van der Waals surface area contributed by atoms with E-state index in [-0.39, 0.29) is 11.0 Å². The van der Waals surface area contributed by atoms with E-state index in [0.717, 1.165) is 31.9 Å². The van der Waals surface area contributed by atoms with Gasteiger partial charge in [0.1, 0.15) is 18.5 Å². The highest BCUT2D eigenvalue weighted by Gasteiger charge is 2.16. The molecular weight excluding hydrogens is 366 g/mol. The quantitative estimate of drug-likeness (QED) is 0.782. The van der Waals surface area contributed by atoms with Gasteiger partial charge in [-0.25, -0.2) is 0 Å². The van der Waals surface area contributed by atoms with Crippen molar-refractivity contribution < 1.29 is 22.4 Å². The van der Waals surface area contributed by atoms with Gasteiger partial charge in [0.05, 0.1) is 11.5 Å². The summed E-state index contributed by atoms with van der Waals surface area (Å²) < 4.78 is 40.7. The molecule has 1 fully saturated rings. The summed E-state index contributed by atoms with van der Waals surface area (Å²) in [6.45, 7) is 3.24. The van der Waals surface area contributed by atoms with Gasteiger partial charge in [0, 0.05) is 18.7 Å². The predicted octanol–water partition coefficient (Wildman–Crippen LogP) is 2.56. The van der Waals surface area contributed by atoms with Crippen LogP contribution in [-0.2, 0) is 21.3 Å². The first-order valence-corrected chi connectivity index (χ1v) is 10.2. The zero-order valence-corrected chi connectivity index (χ0v) is 15.7. The van der Waals surface area contributed by atoms with E-state index < -0.39 is 10.1 Å². The van der Waals surface area contributed by atoms with Gasteiger partial charge < -0.3 is 14.8 Å². The lowest BCUT2D eigenvalue weighted by Crippen LogP contribution is -2.41. The highest BCUT2D eigenvalue weighted by atomic mass is 32.2. The van der Waals surface area contributed by atoms with Crippen molar-refractivity contribution in [2.45, 2.75) is 17.4 Å². The summed E-state index contributed by atoms with van der Waals surface area (Å²) in [6.07, 6.45) is 5.49. The number of rotatable bonds is 4. The van der Waals surface area contributed by atoms with Gasteiger partial charge in [-0.3, -0.25) is 4.55 Å². The first-order valence-electron chi connectivity index (χ1n) is 8.80. The molecule has 1 aliphatic heterocycles. The molecule has 7 heteroatoms. The molecule has 0 radical (unpaired) electrons. The molecule has 27 heavy (non-hydrogen) atoms. The van der Waals surface area contributed by atoms with Crippen LogP contribution in [0.1, 0.15) is 11.1 Å². The lowest BCUT2D eigenvalue weighted by molar-refractivity contribution is 0.0000401. The van der Waals surface area contributed by atoms with Crippen LogP contribution < -0.4 is 10.1 Å². The summed E-state index contributed by atoms with van der Waals surface area (Å²) in [7, 11) is -4.00. The van der Waals surface area contributed by atoms with Crippen molar-refractivity contribution >= 4 is 16.2 Å². The highest BCUT2D eigenvalue weighted by Crippen LogP contribution is 2.28. The van der Waals surface area contributed by atoms with Gasteiger partial charge in [-0.1, -0.05) is 42.5 Å². The maximum atomic E-state index is 10.4. The Kier molecular flexibility index (Phi) is 6.63. The topological polar surface area (TPSA) is 84.9 Å². The average molecular weight is 389 g/mol. The lowest BCUT2D eigenvalue weighted by Gasteiger charge is -2.24. The van der Waals surface area contributed by atoms with Crippen LogP contribution in [-0.4, -0.2) is 45.4 Å². The summed E-state index contributed by atoms with van der Waals surface area (Å²) in [5.74, 6) is 1.00. The first-order chi connectivity index (χ1) is 13.0. The fraction of sp³-hybridized carbons (Fsp3) is 0.300. The Bertz CT molecular complexity index is 875. The molecule has 0 spiro atoms. The van der Waals surface area contributed by atoms with Crippen molar-refractivity contribution in [1.29, 1.82) is 0 Å². The number of nitrogens with one attached hydrogen (secondary N) is 1. The molecule has 4 rings (SSSR count). The third-order valence-corrected chi connectivity index (χ3v) is 5.13. The molecule has 0 unspecified atom stereocenters. The van der Waals surface area contributed by atoms with Crippen molar-refractivity contribution in [3.63, 3.8) is 0 Å². The number of fused-ring (bicyclic) bond motifs is 1. The van der Waals surface area contributed by atoms with Crippen molar-refractivity contribution in [3.8, 4) is 5.75 Å². The summed E-state index contributed by atoms with van der Waals surface area (Å²) >= 11 is 0. The Hall–Kier alpha value is -2.19. The number of morpholine rings is 1. The Morgan fingerprint density at radius 2 is 1.96 bits per heavy atom. The van der Waals surface area contributed by atoms with E-state index in [2.05, 4.69) is 23.5 Å². The monoisotopic (exact) mass is 389 g/mol. The Labute approximate surface area is 159 Å². The van der Waals surface area contributed by atoms with Crippen molar-refractivity contribution in [2.75, 3.05) is 26.3 Å². The highest BCUT2D eigenvalue weighted by molar-refractivity contribution is 7.85. The Morgan fingerprint density at radius 3 is 2.63 bits per heavy atom. The molecule has 2 aromatic rings. The van der Waals surface area contributed by atoms with Crippen LogP contribution in [0, 0.1) is 0 Å². The van der Waals surface area contributed by atoms with E-state index >= 15 is 0 Å². The van der Waals surface area contributed by atoms with Gasteiger partial charge >= 0.3 is 0 Å². The molecular formula is C20H23NO5S. The maximum absolute atomic E-state index is 10.4. The molecule has 0 saturated carbocycles. The largest absolute Gasteiger partial charge is 0.491 e. The molecule has 1 saturated heterocycles. The second kappa shape index (κ2) is 9.14. The Morgan fingerprint density at radius 1 is 1.15 bits per heavy atom. The second-order valence-electron chi connectivity index (χ2n) is 6.23.